The van der Waals surface area contributed by atoms with Crippen LogP contribution in [0.5, 0.6) is 0 Å². The van der Waals surface area contributed by atoms with Gasteiger partial charge in [-0.2, -0.15) is 5.10 Å². The lowest BCUT2D eigenvalue weighted by Crippen LogP contribution is -2.33. The van der Waals surface area contributed by atoms with Crippen LogP contribution in [-0.2, 0) is 0 Å². The second-order valence-electron chi connectivity index (χ2n) is 6.86. The van der Waals surface area contributed by atoms with Crippen LogP contribution in [0.15, 0.2) is 85.2 Å². The van der Waals surface area contributed by atoms with Gasteiger partial charge in [0.15, 0.2) is 5.82 Å². The normalized spacial score (nSPS) is 11.4. The summed E-state index contributed by atoms with van der Waals surface area (Å²) in [7, 11) is 0. The molecule has 0 saturated heterocycles. The van der Waals surface area contributed by atoms with Crippen LogP contribution in [0.25, 0.3) is 0 Å². The molecule has 0 radical (unpaired) electrons. The number of urea groups is 1. The summed E-state index contributed by atoms with van der Waals surface area (Å²) < 4.78 is 13.3. The standard InChI is InChI=1S/C23H19FN6O2/c24-17-9-5-11-19(13-17)27-22(31)16-8-4-10-18(12-16)28-23(32)29-20(21-25-14-26-30-21)15-6-2-1-3-7-15/h1-14,20H,(H,27,31)(H,25,26,30)(H2,28,29,32). The highest BCUT2D eigenvalue weighted by Gasteiger charge is 2.19. The number of carbonyl (C=O) groups excluding carboxylic acids is 2. The van der Waals surface area contributed by atoms with E-state index in [9.17, 15) is 14.0 Å². The lowest BCUT2D eigenvalue weighted by molar-refractivity contribution is 0.102. The zero-order valence-electron chi connectivity index (χ0n) is 16.7. The van der Waals surface area contributed by atoms with Crippen molar-refractivity contribution in [3.8, 4) is 0 Å². The van der Waals surface area contributed by atoms with Gasteiger partial charge in [-0.15, -0.1) is 0 Å². The van der Waals surface area contributed by atoms with Crippen molar-refractivity contribution >= 4 is 23.3 Å². The third kappa shape index (κ3) is 5.14. The van der Waals surface area contributed by atoms with Crippen molar-refractivity contribution in [2.75, 3.05) is 10.6 Å². The summed E-state index contributed by atoms with van der Waals surface area (Å²) in [6.45, 7) is 0. The molecule has 0 bridgehead atoms. The lowest BCUT2D eigenvalue weighted by Gasteiger charge is -2.17. The first-order valence-corrected chi connectivity index (χ1v) is 9.73. The van der Waals surface area contributed by atoms with Crippen LogP contribution in [-0.4, -0.2) is 27.1 Å². The minimum atomic E-state index is -0.543. The van der Waals surface area contributed by atoms with Gasteiger partial charge < -0.3 is 16.0 Å². The summed E-state index contributed by atoms with van der Waals surface area (Å²) in [5, 5.41) is 14.8. The summed E-state index contributed by atoms with van der Waals surface area (Å²) >= 11 is 0. The van der Waals surface area contributed by atoms with Crippen molar-refractivity contribution < 1.29 is 14.0 Å². The van der Waals surface area contributed by atoms with Gasteiger partial charge in [0.2, 0.25) is 0 Å². The molecule has 0 aliphatic rings. The second-order valence-corrected chi connectivity index (χ2v) is 6.86. The number of benzene rings is 3. The topological polar surface area (TPSA) is 112 Å². The zero-order chi connectivity index (χ0) is 22.3. The van der Waals surface area contributed by atoms with Crippen LogP contribution < -0.4 is 16.0 Å². The maximum absolute atomic E-state index is 13.3. The summed E-state index contributed by atoms with van der Waals surface area (Å²) in [6.07, 6.45) is 1.37. The quantitative estimate of drug-likeness (QED) is 0.369. The van der Waals surface area contributed by atoms with Crippen LogP contribution >= 0.6 is 0 Å². The number of nitrogens with one attached hydrogen (secondary N) is 4. The van der Waals surface area contributed by atoms with E-state index in [0.29, 0.717) is 22.8 Å². The van der Waals surface area contributed by atoms with Crippen molar-refractivity contribution in [2.45, 2.75) is 6.04 Å². The molecule has 0 saturated carbocycles. The summed E-state index contributed by atoms with van der Waals surface area (Å²) in [5.41, 5.74) is 1.88. The predicted molar refractivity (Wildman–Crippen MR) is 118 cm³/mol. The van der Waals surface area contributed by atoms with Gasteiger partial charge in [0.05, 0.1) is 0 Å². The molecule has 160 valence electrons. The van der Waals surface area contributed by atoms with Crippen LogP contribution in [0.4, 0.5) is 20.6 Å². The number of anilines is 2. The fraction of sp³-hybridized carbons (Fsp3) is 0.0435. The fourth-order valence-corrected chi connectivity index (χ4v) is 3.12. The highest BCUT2D eigenvalue weighted by atomic mass is 19.1. The maximum Gasteiger partial charge on any atom is 0.320 e. The third-order valence-electron chi connectivity index (χ3n) is 4.58. The Hall–Kier alpha value is -4.53. The molecule has 3 aromatic carbocycles. The minimum Gasteiger partial charge on any atom is -0.324 e. The molecule has 9 heteroatoms. The molecule has 4 N–H and O–H groups in total. The van der Waals surface area contributed by atoms with Crippen molar-refractivity contribution in [1.82, 2.24) is 20.5 Å². The third-order valence-corrected chi connectivity index (χ3v) is 4.58. The largest absolute Gasteiger partial charge is 0.324 e. The van der Waals surface area contributed by atoms with E-state index >= 15 is 0 Å². The van der Waals surface area contributed by atoms with Gasteiger partial charge in [0.1, 0.15) is 18.2 Å². The average Bonchev–Trinajstić information content (AvgIpc) is 3.33. The number of aromatic nitrogens is 3. The Morgan fingerprint density at radius 2 is 1.62 bits per heavy atom. The van der Waals surface area contributed by atoms with Crippen molar-refractivity contribution in [2.24, 2.45) is 0 Å². The van der Waals surface area contributed by atoms with E-state index in [1.807, 2.05) is 30.3 Å². The van der Waals surface area contributed by atoms with Gasteiger partial charge in [-0.05, 0) is 42.0 Å². The Balaban J connectivity index is 1.45. The molecular formula is C23H19FN6O2. The smallest absolute Gasteiger partial charge is 0.320 e. The average molecular weight is 430 g/mol. The maximum atomic E-state index is 13.3. The number of aromatic amines is 1. The molecule has 0 aliphatic carbocycles. The predicted octanol–water partition coefficient (Wildman–Crippen LogP) is 4.11. The van der Waals surface area contributed by atoms with E-state index in [4.69, 9.17) is 0 Å². The number of rotatable bonds is 6. The molecule has 3 amide bonds. The molecule has 1 aromatic heterocycles. The van der Waals surface area contributed by atoms with E-state index in [1.54, 1.807) is 24.3 Å². The van der Waals surface area contributed by atoms with E-state index in [2.05, 4.69) is 31.1 Å². The molecule has 0 spiro atoms. The van der Waals surface area contributed by atoms with E-state index in [1.165, 1.54) is 30.6 Å². The number of amides is 3. The number of hydrogen-bond acceptors (Lipinski definition) is 4. The molecule has 32 heavy (non-hydrogen) atoms. The number of halogens is 1. The monoisotopic (exact) mass is 430 g/mol. The first-order chi connectivity index (χ1) is 15.6. The van der Waals surface area contributed by atoms with Gasteiger partial charge in [-0.25, -0.2) is 14.2 Å². The van der Waals surface area contributed by atoms with Gasteiger partial charge in [-0.1, -0.05) is 42.5 Å². The Labute approximate surface area is 182 Å². The van der Waals surface area contributed by atoms with Crippen molar-refractivity contribution in [1.29, 1.82) is 0 Å². The van der Waals surface area contributed by atoms with Crippen LogP contribution in [0.2, 0.25) is 0 Å². The van der Waals surface area contributed by atoms with Gasteiger partial charge in [0, 0.05) is 16.9 Å². The Morgan fingerprint density at radius 1 is 0.875 bits per heavy atom. The lowest BCUT2D eigenvalue weighted by atomic mass is 10.1. The van der Waals surface area contributed by atoms with Crippen LogP contribution in [0.1, 0.15) is 27.8 Å². The molecule has 1 atom stereocenters. The molecular weight excluding hydrogens is 411 g/mol. The molecule has 0 aliphatic heterocycles. The van der Waals surface area contributed by atoms with Gasteiger partial charge in [0.25, 0.3) is 5.91 Å². The van der Waals surface area contributed by atoms with E-state index < -0.39 is 23.8 Å². The fourth-order valence-electron chi connectivity index (χ4n) is 3.12. The highest BCUT2D eigenvalue weighted by molar-refractivity contribution is 6.05. The van der Waals surface area contributed by atoms with E-state index in [0.717, 1.165) is 5.56 Å². The van der Waals surface area contributed by atoms with Crippen molar-refractivity contribution in [3.05, 3.63) is 108 Å². The van der Waals surface area contributed by atoms with Gasteiger partial charge in [-0.3, -0.25) is 9.89 Å². The highest BCUT2D eigenvalue weighted by Crippen LogP contribution is 2.19. The van der Waals surface area contributed by atoms with Crippen molar-refractivity contribution in [3.63, 3.8) is 0 Å². The molecule has 1 heterocycles. The minimum absolute atomic E-state index is 0.307. The Kier molecular flexibility index (Phi) is 6.17. The zero-order valence-corrected chi connectivity index (χ0v) is 16.7. The molecule has 1 unspecified atom stereocenters. The van der Waals surface area contributed by atoms with Crippen LogP contribution in [0, 0.1) is 5.82 Å². The number of H-pyrrole nitrogens is 1. The number of carbonyl (C=O) groups is 2. The second kappa shape index (κ2) is 9.52. The summed E-state index contributed by atoms with van der Waals surface area (Å²) in [4.78, 5) is 29.3. The number of nitrogens with zero attached hydrogens (tertiary/aromatic N) is 2. The molecule has 8 nitrogen and oxygen atoms in total. The first-order valence-electron chi connectivity index (χ1n) is 9.73. The first kappa shape index (κ1) is 20.7. The summed E-state index contributed by atoms with van der Waals surface area (Å²) in [6, 6.07) is 20.3. The van der Waals surface area contributed by atoms with Gasteiger partial charge >= 0.3 is 6.03 Å². The Morgan fingerprint density at radius 3 is 2.34 bits per heavy atom. The Bertz CT molecular complexity index is 1210. The number of hydrogen-bond donors (Lipinski definition) is 4. The van der Waals surface area contributed by atoms with Crippen LogP contribution in [0.3, 0.4) is 0 Å². The molecule has 4 aromatic rings. The summed E-state index contributed by atoms with van der Waals surface area (Å²) in [5.74, 6) is -0.396. The molecule has 4 rings (SSSR count). The SMILES string of the molecule is O=C(Nc1cccc(C(=O)Nc2cccc(F)c2)c1)NC(c1ccccc1)c1ncn[nH]1. The molecule has 0 fully saturated rings. The van der Waals surface area contributed by atoms with E-state index in [-0.39, 0.29) is 0 Å².